The van der Waals surface area contributed by atoms with Gasteiger partial charge < -0.3 is 8.37 Å². The molecule has 0 aliphatic carbocycles. The molecule has 0 spiro atoms. The zero-order valence-corrected chi connectivity index (χ0v) is 11.5. The highest BCUT2D eigenvalue weighted by atomic mass is 32.2. The quantitative estimate of drug-likeness (QED) is 0.502. The maximum absolute atomic E-state index is 10.8. The molecule has 0 heterocycles. The molecule has 5 nitrogen and oxygen atoms in total. The second kappa shape index (κ2) is 11.4. The number of hydrogen-bond acceptors (Lipinski definition) is 5. The molecule has 0 fully saturated rings. The predicted molar refractivity (Wildman–Crippen MR) is 69.8 cm³/mol. The van der Waals surface area contributed by atoms with Crippen LogP contribution in [0.2, 0.25) is 0 Å². The smallest absolute Gasteiger partial charge is 0.380 e. The van der Waals surface area contributed by atoms with Gasteiger partial charge in [-0.3, -0.25) is 0 Å². The molecule has 0 saturated heterocycles. The first-order chi connectivity index (χ1) is 7.93. The minimum Gasteiger partial charge on any atom is -0.380 e. The highest BCUT2D eigenvalue weighted by Gasteiger charge is 2.04. The molecule has 0 aliphatic heterocycles. The summed E-state index contributed by atoms with van der Waals surface area (Å²) in [5.74, 6) is 0.389. The van der Waals surface area contributed by atoms with Gasteiger partial charge in [0.25, 0.3) is 0 Å². The van der Waals surface area contributed by atoms with E-state index in [-0.39, 0.29) is 11.5 Å². The SMILES string of the molecule is C=CCS(=O)(=O)CCC.C=COS(=O)OC=C. The van der Waals surface area contributed by atoms with Crippen molar-refractivity contribution in [3.8, 4) is 0 Å². The van der Waals surface area contributed by atoms with Gasteiger partial charge in [0.2, 0.25) is 0 Å². The van der Waals surface area contributed by atoms with Gasteiger partial charge in [0.05, 0.1) is 11.5 Å². The Balaban J connectivity index is 0. The highest BCUT2D eigenvalue weighted by Crippen LogP contribution is 1.92. The van der Waals surface area contributed by atoms with Crippen molar-refractivity contribution in [2.75, 3.05) is 11.5 Å². The normalized spacial score (nSPS) is 9.76. The summed E-state index contributed by atoms with van der Waals surface area (Å²) in [5, 5.41) is 0. The van der Waals surface area contributed by atoms with Crippen LogP contribution in [0.25, 0.3) is 0 Å². The van der Waals surface area contributed by atoms with E-state index in [2.05, 4.69) is 28.1 Å². The highest BCUT2D eigenvalue weighted by molar-refractivity contribution is 7.91. The number of hydrogen-bond donors (Lipinski definition) is 0. The van der Waals surface area contributed by atoms with Crippen LogP contribution >= 0.6 is 0 Å². The lowest BCUT2D eigenvalue weighted by molar-refractivity contribution is 0.395. The average molecular weight is 282 g/mol. The first-order valence-electron chi connectivity index (χ1n) is 4.72. The second-order valence-electron chi connectivity index (χ2n) is 2.63. The summed E-state index contributed by atoms with van der Waals surface area (Å²) in [7, 11) is -2.80. The van der Waals surface area contributed by atoms with Crippen molar-refractivity contribution in [2.45, 2.75) is 13.3 Å². The Kier molecular flexibility index (Phi) is 12.3. The van der Waals surface area contributed by atoms with Gasteiger partial charge in [-0.05, 0) is 6.42 Å². The predicted octanol–water partition coefficient (Wildman–Crippen LogP) is 1.88. The molecular formula is C10H18O5S2. The summed E-state index contributed by atoms with van der Waals surface area (Å²) >= 11 is -1.76. The monoisotopic (exact) mass is 282 g/mol. The Bertz CT molecular complexity index is 334. The zero-order chi connectivity index (χ0) is 13.7. The van der Waals surface area contributed by atoms with E-state index in [1.54, 1.807) is 0 Å². The van der Waals surface area contributed by atoms with Crippen LogP contribution in [-0.2, 0) is 29.6 Å². The molecule has 0 rings (SSSR count). The Labute approximate surface area is 106 Å². The summed E-state index contributed by atoms with van der Waals surface area (Å²) in [5.41, 5.74) is 0. The van der Waals surface area contributed by atoms with Crippen LogP contribution in [0.4, 0.5) is 0 Å². The van der Waals surface area contributed by atoms with Gasteiger partial charge in [0.15, 0.2) is 9.84 Å². The maximum atomic E-state index is 10.8. The van der Waals surface area contributed by atoms with Crippen molar-refractivity contribution in [3.05, 3.63) is 38.3 Å². The molecule has 0 N–H and O–H groups in total. The Morgan fingerprint density at radius 3 is 1.94 bits per heavy atom. The molecule has 0 unspecified atom stereocenters. The lowest BCUT2D eigenvalue weighted by atomic mass is 10.6. The van der Waals surface area contributed by atoms with E-state index in [9.17, 15) is 12.6 Å². The molecule has 0 radical (unpaired) electrons. The van der Waals surface area contributed by atoms with Gasteiger partial charge in [-0.15, -0.1) is 6.58 Å². The lowest BCUT2D eigenvalue weighted by Gasteiger charge is -1.94. The van der Waals surface area contributed by atoms with Gasteiger partial charge in [0.1, 0.15) is 12.5 Å². The second-order valence-corrected chi connectivity index (χ2v) is 5.65. The summed E-state index contributed by atoms with van der Waals surface area (Å²) in [4.78, 5) is 0. The number of rotatable bonds is 8. The molecule has 0 amide bonds. The van der Waals surface area contributed by atoms with Gasteiger partial charge in [-0.2, -0.15) is 4.21 Å². The molecule has 0 aliphatic rings. The van der Waals surface area contributed by atoms with E-state index in [1.165, 1.54) is 6.08 Å². The molecule has 17 heavy (non-hydrogen) atoms. The molecular weight excluding hydrogens is 264 g/mol. The lowest BCUT2D eigenvalue weighted by Crippen LogP contribution is -2.07. The summed E-state index contributed by atoms with van der Waals surface area (Å²) in [6, 6.07) is 0. The topological polar surface area (TPSA) is 69.7 Å². The van der Waals surface area contributed by atoms with E-state index in [0.717, 1.165) is 12.5 Å². The number of sulfone groups is 1. The van der Waals surface area contributed by atoms with E-state index >= 15 is 0 Å². The van der Waals surface area contributed by atoms with Gasteiger partial charge >= 0.3 is 11.4 Å². The average Bonchev–Trinajstić information content (AvgIpc) is 2.18. The molecule has 0 aromatic rings. The third kappa shape index (κ3) is 14.9. The standard InChI is InChI=1S/C6H12O2S.C4H6O3S/c1-3-5-9(7,8)6-4-2;1-3-6-8(5)7-4-2/h3H,1,4-6H2,2H3;3-4H,1-2H2. The summed E-state index contributed by atoms with van der Waals surface area (Å²) < 4.78 is 40.1. The minimum absolute atomic E-state index is 0.112. The van der Waals surface area contributed by atoms with Crippen molar-refractivity contribution in [1.29, 1.82) is 0 Å². The summed E-state index contributed by atoms with van der Waals surface area (Å²) in [6.45, 7) is 11.5. The molecule has 0 bridgehead atoms. The molecule has 7 heteroatoms. The maximum Gasteiger partial charge on any atom is 0.416 e. The van der Waals surface area contributed by atoms with Crippen LogP contribution in [0.15, 0.2) is 38.3 Å². The third-order valence-corrected chi connectivity index (χ3v) is 3.54. The Morgan fingerprint density at radius 2 is 1.65 bits per heavy atom. The van der Waals surface area contributed by atoms with Crippen LogP contribution in [0.5, 0.6) is 0 Å². The van der Waals surface area contributed by atoms with Crippen molar-refractivity contribution < 1.29 is 21.0 Å². The third-order valence-electron chi connectivity index (χ3n) is 1.18. The van der Waals surface area contributed by atoms with Gasteiger partial charge in [0, 0.05) is 0 Å². The van der Waals surface area contributed by atoms with E-state index in [0.29, 0.717) is 6.42 Å². The molecule has 0 atom stereocenters. The van der Waals surface area contributed by atoms with Crippen molar-refractivity contribution in [2.24, 2.45) is 0 Å². The fourth-order valence-corrected chi connectivity index (χ4v) is 2.12. The Hall–Kier alpha value is -1.08. The van der Waals surface area contributed by atoms with E-state index < -0.39 is 21.2 Å². The first kappa shape index (κ1) is 18.3. The van der Waals surface area contributed by atoms with Crippen LogP contribution in [0.1, 0.15) is 13.3 Å². The van der Waals surface area contributed by atoms with Crippen molar-refractivity contribution in [3.63, 3.8) is 0 Å². The van der Waals surface area contributed by atoms with Gasteiger partial charge in [-0.25, -0.2) is 8.42 Å². The van der Waals surface area contributed by atoms with Crippen molar-refractivity contribution in [1.82, 2.24) is 0 Å². The molecule has 0 aromatic carbocycles. The first-order valence-corrected chi connectivity index (χ1v) is 7.54. The Morgan fingerprint density at radius 1 is 1.18 bits per heavy atom. The van der Waals surface area contributed by atoms with Crippen LogP contribution in [0.3, 0.4) is 0 Å². The summed E-state index contributed by atoms with van der Waals surface area (Å²) in [6.07, 6.45) is 4.17. The largest absolute Gasteiger partial charge is 0.416 e. The fourth-order valence-electron chi connectivity index (χ4n) is 0.708. The minimum atomic E-state index is -2.80. The van der Waals surface area contributed by atoms with Crippen LogP contribution in [-0.4, -0.2) is 24.1 Å². The molecule has 100 valence electrons. The van der Waals surface area contributed by atoms with E-state index in [4.69, 9.17) is 0 Å². The fraction of sp³-hybridized carbons (Fsp3) is 0.400. The molecule has 0 saturated carbocycles. The van der Waals surface area contributed by atoms with E-state index in [1.807, 2.05) is 6.92 Å². The molecule has 0 aromatic heterocycles. The zero-order valence-electron chi connectivity index (χ0n) is 9.83. The van der Waals surface area contributed by atoms with Crippen LogP contribution < -0.4 is 0 Å². The van der Waals surface area contributed by atoms with Crippen LogP contribution in [0, 0.1) is 0 Å². The van der Waals surface area contributed by atoms with Gasteiger partial charge in [-0.1, -0.05) is 26.2 Å². The van der Waals surface area contributed by atoms with Crippen molar-refractivity contribution >= 4 is 21.2 Å².